The number of nitrogens with zero attached hydrogens (tertiary/aromatic N) is 1. The summed E-state index contributed by atoms with van der Waals surface area (Å²) < 4.78 is 0. The summed E-state index contributed by atoms with van der Waals surface area (Å²) in [4.78, 5) is 2.25. The Morgan fingerprint density at radius 2 is 1.80 bits per heavy atom. The maximum atomic E-state index is 6.13. The highest BCUT2D eigenvalue weighted by Gasteiger charge is 2.14. The third-order valence-corrected chi connectivity index (χ3v) is 3.20. The fraction of sp³-hybridized carbons (Fsp3) is 0.400. The van der Waals surface area contributed by atoms with Crippen molar-refractivity contribution in [2.24, 2.45) is 0 Å². The molecule has 1 aromatic rings. The summed E-state index contributed by atoms with van der Waals surface area (Å²) >= 11 is 12.1. The van der Waals surface area contributed by atoms with Crippen molar-refractivity contribution in [3.63, 3.8) is 0 Å². The number of rotatable bonds is 1. The molecule has 0 spiro atoms. The van der Waals surface area contributed by atoms with E-state index in [2.05, 4.69) is 10.2 Å². The number of halogens is 3. The number of anilines is 1. The van der Waals surface area contributed by atoms with Gasteiger partial charge in [0.25, 0.3) is 0 Å². The number of nitrogens with one attached hydrogen (secondary N) is 1. The van der Waals surface area contributed by atoms with Crippen molar-refractivity contribution in [2.75, 3.05) is 31.1 Å². The van der Waals surface area contributed by atoms with Crippen LogP contribution in [0.25, 0.3) is 0 Å². The molecular formula is C10H13BrCl2N2. The molecule has 5 heteroatoms. The fourth-order valence-electron chi connectivity index (χ4n) is 1.64. The zero-order valence-corrected chi connectivity index (χ0v) is 11.4. The van der Waals surface area contributed by atoms with Gasteiger partial charge in [0.2, 0.25) is 0 Å². The van der Waals surface area contributed by atoms with Crippen molar-refractivity contribution in [3.05, 3.63) is 28.2 Å². The largest absolute Gasteiger partial charge is 0.368 e. The van der Waals surface area contributed by atoms with Crippen molar-refractivity contribution >= 4 is 45.9 Å². The molecule has 1 fully saturated rings. The van der Waals surface area contributed by atoms with Crippen LogP contribution < -0.4 is 10.2 Å². The number of benzene rings is 1. The fourth-order valence-corrected chi connectivity index (χ4v) is 2.06. The van der Waals surface area contributed by atoms with Gasteiger partial charge < -0.3 is 10.2 Å². The summed E-state index contributed by atoms with van der Waals surface area (Å²) in [5.74, 6) is 0. The van der Waals surface area contributed by atoms with Crippen molar-refractivity contribution in [1.82, 2.24) is 5.32 Å². The Balaban J connectivity index is 0.00000112. The Hall–Kier alpha value is 0.0400. The van der Waals surface area contributed by atoms with Crippen LogP contribution in [0.15, 0.2) is 18.2 Å². The average molecular weight is 312 g/mol. The van der Waals surface area contributed by atoms with E-state index in [1.165, 1.54) is 0 Å². The van der Waals surface area contributed by atoms with E-state index in [0.717, 1.165) is 31.9 Å². The van der Waals surface area contributed by atoms with E-state index in [0.29, 0.717) is 10.0 Å². The summed E-state index contributed by atoms with van der Waals surface area (Å²) in [6.45, 7) is 3.98. The monoisotopic (exact) mass is 310 g/mol. The molecular weight excluding hydrogens is 299 g/mol. The zero-order chi connectivity index (χ0) is 9.97. The Bertz CT molecular complexity index is 327. The van der Waals surface area contributed by atoms with Gasteiger partial charge in [-0.15, -0.1) is 17.0 Å². The van der Waals surface area contributed by atoms with Crippen LogP contribution in [0, 0.1) is 0 Å². The van der Waals surface area contributed by atoms with Gasteiger partial charge in [-0.3, -0.25) is 0 Å². The van der Waals surface area contributed by atoms with Crippen LogP contribution in [0.1, 0.15) is 0 Å². The van der Waals surface area contributed by atoms with E-state index in [4.69, 9.17) is 23.2 Å². The maximum Gasteiger partial charge on any atom is 0.0825 e. The normalized spacial score (nSPS) is 16.0. The second-order valence-corrected chi connectivity index (χ2v) is 4.10. The van der Waals surface area contributed by atoms with Crippen molar-refractivity contribution in [3.8, 4) is 0 Å². The van der Waals surface area contributed by atoms with Gasteiger partial charge in [0.1, 0.15) is 0 Å². The molecule has 1 saturated heterocycles. The van der Waals surface area contributed by atoms with Crippen LogP contribution >= 0.6 is 40.2 Å². The van der Waals surface area contributed by atoms with E-state index >= 15 is 0 Å². The molecule has 1 aliphatic heterocycles. The van der Waals surface area contributed by atoms with Gasteiger partial charge in [-0.2, -0.15) is 0 Å². The van der Waals surface area contributed by atoms with E-state index in [1.807, 2.05) is 18.2 Å². The summed E-state index contributed by atoms with van der Waals surface area (Å²) in [5, 5.41) is 4.59. The number of hydrogen-bond acceptors (Lipinski definition) is 2. The minimum atomic E-state index is 0. The molecule has 0 amide bonds. The standard InChI is InChI=1S/C10H12Cl2N2.BrH/c11-8-2-1-3-9(10(8)12)14-6-4-13-5-7-14;/h1-3,13H,4-7H2;1H. The first-order valence-corrected chi connectivity index (χ1v) is 5.44. The highest BCUT2D eigenvalue weighted by Crippen LogP contribution is 2.32. The molecule has 0 bridgehead atoms. The molecule has 1 aliphatic rings. The zero-order valence-electron chi connectivity index (χ0n) is 8.17. The van der Waals surface area contributed by atoms with Crippen molar-refractivity contribution in [1.29, 1.82) is 0 Å². The molecule has 2 rings (SSSR count). The van der Waals surface area contributed by atoms with Gasteiger partial charge in [0, 0.05) is 26.2 Å². The molecule has 0 atom stereocenters. The van der Waals surface area contributed by atoms with Crippen molar-refractivity contribution < 1.29 is 0 Å². The van der Waals surface area contributed by atoms with Crippen LogP contribution in [-0.4, -0.2) is 26.2 Å². The lowest BCUT2D eigenvalue weighted by molar-refractivity contribution is 0.589. The molecule has 0 saturated carbocycles. The second-order valence-electron chi connectivity index (χ2n) is 3.31. The molecule has 0 radical (unpaired) electrons. The maximum absolute atomic E-state index is 6.13. The Morgan fingerprint density at radius 3 is 2.47 bits per heavy atom. The minimum Gasteiger partial charge on any atom is -0.368 e. The van der Waals surface area contributed by atoms with Crippen LogP contribution in [0.5, 0.6) is 0 Å². The lowest BCUT2D eigenvalue weighted by Crippen LogP contribution is -2.43. The summed E-state index contributed by atoms with van der Waals surface area (Å²) in [6, 6.07) is 5.76. The first-order chi connectivity index (χ1) is 6.79. The highest BCUT2D eigenvalue weighted by molar-refractivity contribution is 8.93. The summed E-state index contributed by atoms with van der Waals surface area (Å²) in [6.07, 6.45) is 0. The quantitative estimate of drug-likeness (QED) is 0.858. The average Bonchev–Trinajstić information content (AvgIpc) is 2.23. The molecule has 0 aliphatic carbocycles. The molecule has 2 nitrogen and oxygen atoms in total. The van der Waals surface area contributed by atoms with Gasteiger partial charge in [-0.05, 0) is 12.1 Å². The predicted molar refractivity (Wildman–Crippen MR) is 71.9 cm³/mol. The van der Waals surface area contributed by atoms with E-state index in [-0.39, 0.29) is 17.0 Å². The Morgan fingerprint density at radius 1 is 1.13 bits per heavy atom. The smallest absolute Gasteiger partial charge is 0.0825 e. The van der Waals surface area contributed by atoms with Gasteiger partial charge in [-0.25, -0.2) is 0 Å². The Labute approximate surface area is 110 Å². The third-order valence-electron chi connectivity index (χ3n) is 2.39. The molecule has 84 valence electrons. The molecule has 15 heavy (non-hydrogen) atoms. The predicted octanol–water partition coefficient (Wildman–Crippen LogP) is 2.98. The lowest BCUT2D eigenvalue weighted by Gasteiger charge is -2.30. The van der Waals surface area contributed by atoms with Crippen LogP contribution in [0.4, 0.5) is 5.69 Å². The van der Waals surface area contributed by atoms with Gasteiger partial charge in [0.05, 0.1) is 15.7 Å². The third kappa shape index (κ3) is 3.00. The van der Waals surface area contributed by atoms with Crippen LogP contribution in [0.2, 0.25) is 10.0 Å². The van der Waals surface area contributed by atoms with Crippen molar-refractivity contribution in [2.45, 2.75) is 0 Å². The topological polar surface area (TPSA) is 15.3 Å². The highest BCUT2D eigenvalue weighted by atomic mass is 79.9. The molecule has 0 unspecified atom stereocenters. The van der Waals surface area contributed by atoms with Gasteiger partial charge in [-0.1, -0.05) is 29.3 Å². The molecule has 0 aromatic heterocycles. The van der Waals surface area contributed by atoms with Gasteiger partial charge in [0.15, 0.2) is 0 Å². The SMILES string of the molecule is Br.Clc1cccc(N2CCNCC2)c1Cl. The summed E-state index contributed by atoms with van der Waals surface area (Å²) in [7, 11) is 0. The number of hydrogen-bond donors (Lipinski definition) is 1. The minimum absolute atomic E-state index is 0. The van der Waals surface area contributed by atoms with E-state index in [9.17, 15) is 0 Å². The second kappa shape index (κ2) is 5.94. The van der Waals surface area contributed by atoms with Gasteiger partial charge >= 0.3 is 0 Å². The van der Waals surface area contributed by atoms with E-state index in [1.54, 1.807) is 0 Å². The van der Waals surface area contributed by atoms with Crippen LogP contribution in [-0.2, 0) is 0 Å². The van der Waals surface area contributed by atoms with Crippen LogP contribution in [0.3, 0.4) is 0 Å². The molecule has 1 N–H and O–H groups in total. The molecule has 1 heterocycles. The lowest BCUT2D eigenvalue weighted by atomic mass is 10.2. The molecule has 1 aromatic carbocycles. The number of piperazine rings is 1. The Kier molecular flexibility index (Phi) is 5.19. The van der Waals surface area contributed by atoms with E-state index < -0.39 is 0 Å². The summed E-state index contributed by atoms with van der Waals surface area (Å²) in [5.41, 5.74) is 1.04. The first kappa shape index (κ1) is 13.1. The first-order valence-electron chi connectivity index (χ1n) is 4.69.